The van der Waals surface area contributed by atoms with Crippen LogP contribution in [0.4, 0.5) is 5.69 Å². The van der Waals surface area contributed by atoms with E-state index < -0.39 is 0 Å². The molecule has 1 fully saturated rings. The zero-order chi connectivity index (χ0) is 13.8. The number of hydrogen-bond donors (Lipinski definition) is 0. The third-order valence-corrected chi connectivity index (χ3v) is 4.15. The van der Waals surface area contributed by atoms with Crippen LogP contribution >= 0.6 is 15.9 Å². The second-order valence-corrected chi connectivity index (χ2v) is 5.43. The minimum absolute atomic E-state index is 0.0416. The summed E-state index contributed by atoms with van der Waals surface area (Å²) in [7, 11) is 0. The molecule has 1 atom stereocenters. The highest BCUT2D eigenvalue weighted by Crippen LogP contribution is 2.27. The summed E-state index contributed by atoms with van der Waals surface area (Å²) in [5.74, 6) is 0. The van der Waals surface area contributed by atoms with Gasteiger partial charge < -0.3 is 4.90 Å². The molecule has 1 aromatic carbocycles. The number of anilines is 1. The van der Waals surface area contributed by atoms with Gasteiger partial charge in [0.25, 0.3) is 0 Å². The van der Waals surface area contributed by atoms with Crippen molar-refractivity contribution in [2.24, 2.45) is 0 Å². The van der Waals surface area contributed by atoms with Crippen molar-refractivity contribution in [3.63, 3.8) is 0 Å². The first kappa shape index (κ1) is 13.9. The summed E-state index contributed by atoms with van der Waals surface area (Å²) in [5.41, 5.74) is 1.66. The first-order valence-electron chi connectivity index (χ1n) is 6.24. The fourth-order valence-corrected chi connectivity index (χ4v) is 2.76. The topological polar surface area (TPSA) is 54.1 Å². The third kappa shape index (κ3) is 2.89. The van der Waals surface area contributed by atoms with Gasteiger partial charge in [0.1, 0.15) is 6.07 Å². The van der Waals surface area contributed by atoms with Gasteiger partial charge in [0.2, 0.25) is 0 Å². The lowest BCUT2D eigenvalue weighted by atomic mass is 10.1. The van der Waals surface area contributed by atoms with E-state index in [1.54, 1.807) is 0 Å². The summed E-state index contributed by atoms with van der Waals surface area (Å²) >= 11 is 3.42. The van der Waals surface area contributed by atoms with Crippen molar-refractivity contribution >= 4 is 21.6 Å². The Morgan fingerprint density at radius 2 is 1.89 bits per heavy atom. The quantitative estimate of drug-likeness (QED) is 0.840. The maximum Gasteiger partial charge on any atom is 0.103 e. The largest absolute Gasteiger partial charge is 0.368 e. The van der Waals surface area contributed by atoms with E-state index in [-0.39, 0.29) is 6.04 Å². The minimum Gasteiger partial charge on any atom is -0.368 e. The highest BCUT2D eigenvalue weighted by molar-refractivity contribution is 9.10. The molecule has 0 saturated carbocycles. The van der Waals surface area contributed by atoms with Crippen LogP contribution in [-0.4, -0.2) is 37.1 Å². The number of nitrogens with zero attached hydrogens (tertiary/aromatic N) is 4. The molecule has 1 aromatic rings. The number of piperazine rings is 1. The molecule has 0 radical (unpaired) electrons. The molecule has 1 heterocycles. The molecule has 0 aromatic heterocycles. The lowest BCUT2D eigenvalue weighted by Crippen LogP contribution is -2.49. The highest BCUT2D eigenvalue weighted by atomic mass is 79.9. The van der Waals surface area contributed by atoms with Gasteiger partial charge in [0, 0.05) is 30.7 Å². The molecule has 0 N–H and O–H groups in total. The summed E-state index contributed by atoms with van der Waals surface area (Å²) in [4.78, 5) is 4.38. The molecule has 4 nitrogen and oxygen atoms in total. The molecule has 5 heteroatoms. The molecule has 0 aliphatic carbocycles. The average Bonchev–Trinajstić information content (AvgIpc) is 2.46. The first-order valence-corrected chi connectivity index (χ1v) is 7.04. The smallest absolute Gasteiger partial charge is 0.103 e. The maximum absolute atomic E-state index is 9.25. The van der Waals surface area contributed by atoms with Crippen molar-refractivity contribution in [1.82, 2.24) is 4.90 Å². The van der Waals surface area contributed by atoms with Crippen LogP contribution in [0.15, 0.2) is 22.7 Å². The molecule has 0 amide bonds. The van der Waals surface area contributed by atoms with Crippen LogP contribution in [0.2, 0.25) is 0 Å². The molecule has 0 spiro atoms. The van der Waals surface area contributed by atoms with Crippen LogP contribution in [0.1, 0.15) is 12.5 Å². The Bertz CT molecular complexity index is 535. The third-order valence-electron chi connectivity index (χ3n) is 3.49. The van der Waals surface area contributed by atoms with Gasteiger partial charge in [-0.05, 0) is 35.0 Å². The number of nitriles is 2. The number of rotatable bonds is 2. The number of halogens is 1. The van der Waals surface area contributed by atoms with Gasteiger partial charge in [0.15, 0.2) is 0 Å². The second-order valence-electron chi connectivity index (χ2n) is 4.57. The molecule has 1 aliphatic heterocycles. The van der Waals surface area contributed by atoms with Crippen LogP contribution < -0.4 is 4.90 Å². The van der Waals surface area contributed by atoms with Gasteiger partial charge in [-0.3, -0.25) is 4.90 Å². The van der Waals surface area contributed by atoms with E-state index in [2.05, 4.69) is 37.9 Å². The van der Waals surface area contributed by atoms with Crippen molar-refractivity contribution in [1.29, 1.82) is 10.5 Å². The molecular formula is C14H15BrN4. The van der Waals surface area contributed by atoms with Gasteiger partial charge in [-0.1, -0.05) is 6.07 Å². The Morgan fingerprint density at radius 1 is 1.21 bits per heavy atom. The monoisotopic (exact) mass is 318 g/mol. The van der Waals surface area contributed by atoms with Crippen molar-refractivity contribution in [3.05, 3.63) is 28.2 Å². The van der Waals surface area contributed by atoms with E-state index in [1.165, 1.54) is 0 Å². The van der Waals surface area contributed by atoms with E-state index in [0.717, 1.165) is 36.3 Å². The standard InChI is InChI=1S/C14H15BrN4/c1-11(9-16)18-5-7-19(8-6-18)14-4-2-3-13(15)12(14)10-17/h2-4,11H,5-8H2,1H3. The number of benzene rings is 1. The van der Waals surface area contributed by atoms with Crippen LogP contribution in [0.25, 0.3) is 0 Å². The Balaban J connectivity index is 2.13. The van der Waals surface area contributed by atoms with E-state index >= 15 is 0 Å². The Hall–Kier alpha value is -1.56. The van der Waals surface area contributed by atoms with Crippen LogP contribution in [-0.2, 0) is 0 Å². The predicted octanol–water partition coefficient (Wildman–Crippen LogP) is 2.35. The van der Waals surface area contributed by atoms with Gasteiger partial charge >= 0.3 is 0 Å². The van der Waals surface area contributed by atoms with Gasteiger partial charge in [-0.15, -0.1) is 0 Å². The normalized spacial score (nSPS) is 17.6. The van der Waals surface area contributed by atoms with Crippen LogP contribution in [0.5, 0.6) is 0 Å². The number of hydrogen-bond acceptors (Lipinski definition) is 4. The van der Waals surface area contributed by atoms with Crippen molar-refractivity contribution in [3.8, 4) is 12.1 Å². The van der Waals surface area contributed by atoms with Gasteiger partial charge in [0.05, 0.1) is 23.4 Å². The molecule has 98 valence electrons. The lowest BCUT2D eigenvalue weighted by Gasteiger charge is -2.37. The fourth-order valence-electron chi connectivity index (χ4n) is 2.32. The Labute approximate surface area is 122 Å². The maximum atomic E-state index is 9.25. The van der Waals surface area contributed by atoms with E-state index in [9.17, 15) is 5.26 Å². The zero-order valence-corrected chi connectivity index (χ0v) is 12.4. The predicted molar refractivity (Wildman–Crippen MR) is 77.7 cm³/mol. The van der Waals surface area contributed by atoms with E-state index in [4.69, 9.17) is 5.26 Å². The lowest BCUT2D eigenvalue weighted by molar-refractivity contribution is 0.231. The first-order chi connectivity index (χ1) is 9.17. The minimum atomic E-state index is -0.0416. The molecule has 1 saturated heterocycles. The van der Waals surface area contributed by atoms with Crippen LogP contribution in [0, 0.1) is 22.7 Å². The SMILES string of the molecule is CC(C#N)N1CCN(c2cccc(Br)c2C#N)CC1. The fraction of sp³-hybridized carbons (Fsp3) is 0.429. The van der Waals surface area contributed by atoms with Crippen LogP contribution in [0.3, 0.4) is 0 Å². The zero-order valence-electron chi connectivity index (χ0n) is 10.8. The Kier molecular flexibility index (Phi) is 4.42. The van der Waals surface area contributed by atoms with Gasteiger partial charge in [-0.25, -0.2) is 0 Å². The van der Waals surface area contributed by atoms with E-state index in [1.807, 2.05) is 25.1 Å². The average molecular weight is 319 g/mol. The summed E-state index contributed by atoms with van der Waals surface area (Å²) in [6, 6.07) is 10.3. The summed E-state index contributed by atoms with van der Waals surface area (Å²) in [6.45, 7) is 5.32. The Morgan fingerprint density at radius 3 is 2.47 bits per heavy atom. The van der Waals surface area contributed by atoms with E-state index in [0.29, 0.717) is 5.56 Å². The molecule has 2 rings (SSSR count). The summed E-state index contributed by atoms with van der Waals surface area (Å²) in [6.07, 6.45) is 0. The van der Waals surface area contributed by atoms with Crippen molar-refractivity contribution in [2.75, 3.05) is 31.1 Å². The highest BCUT2D eigenvalue weighted by Gasteiger charge is 2.22. The van der Waals surface area contributed by atoms with Crippen molar-refractivity contribution < 1.29 is 0 Å². The molecule has 1 aliphatic rings. The molecule has 0 bridgehead atoms. The van der Waals surface area contributed by atoms with Crippen molar-refractivity contribution in [2.45, 2.75) is 13.0 Å². The molecule has 19 heavy (non-hydrogen) atoms. The molecular weight excluding hydrogens is 304 g/mol. The summed E-state index contributed by atoms with van der Waals surface area (Å²) < 4.78 is 0.834. The molecule has 1 unspecified atom stereocenters. The van der Waals surface area contributed by atoms with Gasteiger partial charge in [-0.2, -0.15) is 10.5 Å². The second kappa shape index (κ2) is 6.06. The summed E-state index contributed by atoms with van der Waals surface area (Å²) in [5, 5.41) is 18.2.